The van der Waals surface area contributed by atoms with Gasteiger partial charge in [0.2, 0.25) is 0 Å². The van der Waals surface area contributed by atoms with Gasteiger partial charge < -0.3 is 14.2 Å². The number of carbonyl (C=O) groups is 1. The molecule has 0 aliphatic carbocycles. The average molecular weight is 308 g/mol. The normalized spacial score (nSPS) is 10.0. The van der Waals surface area contributed by atoms with E-state index in [1.165, 1.54) is 7.11 Å². The van der Waals surface area contributed by atoms with Crippen molar-refractivity contribution in [3.63, 3.8) is 0 Å². The second kappa shape index (κ2) is 6.95. The van der Waals surface area contributed by atoms with Crippen molar-refractivity contribution in [2.75, 3.05) is 14.2 Å². The fraction of sp³-hybridized carbons (Fsp3) is 0.200. The highest BCUT2D eigenvalue weighted by molar-refractivity contribution is 6.32. The van der Waals surface area contributed by atoms with E-state index in [4.69, 9.17) is 25.8 Å². The van der Waals surface area contributed by atoms with Crippen LogP contribution in [0.1, 0.15) is 16.1 Å². The standard InChI is InChI=1S/C15H14ClNO4/c1-19-13-6-7-17-12(15(13)20-2)9-21-14-10(8-18)4-3-5-11(14)16/h3-8H,9H2,1-2H3. The minimum Gasteiger partial charge on any atom is -0.493 e. The van der Waals surface area contributed by atoms with Crippen molar-refractivity contribution in [1.82, 2.24) is 4.98 Å². The predicted molar refractivity (Wildman–Crippen MR) is 78.5 cm³/mol. The van der Waals surface area contributed by atoms with Crippen LogP contribution in [0.4, 0.5) is 0 Å². The summed E-state index contributed by atoms with van der Waals surface area (Å²) in [6.45, 7) is 0.102. The van der Waals surface area contributed by atoms with Crippen LogP contribution < -0.4 is 14.2 Å². The van der Waals surface area contributed by atoms with Gasteiger partial charge in [0, 0.05) is 12.3 Å². The fourth-order valence-electron chi connectivity index (χ4n) is 1.86. The SMILES string of the molecule is COc1ccnc(COc2c(Cl)cccc2C=O)c1OC. The van der Waals surface area contributed by atoms with Gasteiger partial charge in [-0.3, -0.25) is 9.78 Å². The van der Waals surface area contributed by atoms with Crippen molar-refractivity contribution in [2.24, 2.45) is 0 Å². The third kappa shape index (κ3) is 3.25. The minimum atomic E-state index is 0.102. The molecular weight excluding hydrogens is 294 g/mol. The first-order valence-electron chi connectivity index (χ1n) is 6.13. The van der Waals surface area contributed by atoms with E-state index in [0.29, 0.717) is 39.8 Å². The summed E-state index contributed by atoms with van der Waals surface area (Å²) >= 11 is 6.05. The van der Waals surface area contributed by atoms with E-state index in [0.717, 1.165) is 0 Å². The van der Waals surface area contributed by atoms with Crippen LogP contribution in [0.15, 0.2) is 30.5 Å². The molecule has 0 amide bonds. The van der Waals surface area contributed by atoms with Gasteiger partial charge in [-0.25, -0.2) is 0 Å². The number of ether oxygens (including phenoxy) is 3. The monoisotopic (exact) mass is 307 g/mol. The lowest BCUT2D eigenvalue weighted by Crippen LogP contribution is -2.04. The lowest BCUT2D eigenvalue weighted by Gasteiger charge is -2.13. The Hall–Kier alpha value is -2.27. The lowest BCUT2D eigenvalue weighted by molar-refractivity contribution is 0.111. The molecule has 0 atom stereocenters. The number of nitrogens with zero attached hydrogens (tertiary/aromatic N) is 1. The molecule has 5 nitrogen and oxygen atoms in total. The van der Waals surface area contributed by atoms with Crippen LogP contribution >= 0.6 is 11.6 Å². The number of pyridine rings is 1. The molecule has 1 aromatic carbocycles. The zero-order valence-electron chi connectivity index (χ0n) is 11.6. The molecule has 0 N–H and O–H groups in total. The second-order valence-electron chi connectivity index (χ2n) is 4.06. The van der Waals surface area contributed by atoms with E-state index in [9.17, 15) is 4.79 Å². The zero-order valence-corrected chi connectivity index (χ0v) is 12.4. The number of benzene rings is 1. The van der Waals surface area contributed by atoms with Gasteiger partial charge in [0.05, 0.1) is 24.8 Å². The summed E-state index contributed by atoms with van der Waals surface area (Å²) in [7, 11) is 3.07. The quantitative estimate of drug-likeness (QED) is 0.767. The molecule has 0 aliphatic rings. The van der Waals surface area contributed by atoms with Crippen molar-refractivity contribution >= 4 is 17.9 Å². The van der Waals surface area contributed by atoms with Crippen molar-refractivity contribution in [2.45, 2.75) is 6.61 Å². The number of halogens is 1. The van der Waals surface area contributed by atoms with E-state index in [1.54, 1.807) is 37.6 Å². The van der Waals surface area contributed by atoms with E-state index < -0.39 is 0 Å². The average Bonchev–Trinajstić information content (AvgIpc) is 2.52. The van der Waals surface area contributed by atoms with Crippen LogP contribution in [0.3, 0.4) is 0 Å². The highest BCUT2D eigenvalue weighted by atomic mass is 35.5. The van der Waals surface area contributed by atoms with Gasteiger partial charge >= 0.3 is 0 Å². The van der Waals surface area contributed by atoms with Crippen molar-refractivity contribution in [3.8, 4) is 17.2 Å². The van der Waals surface area contributed by atoms with Crippen LogP contribution in [0.5, 0.6) is 17.2 Å². The maximum Gasteiger partial charge on any atom is 0.185 e. The highest BCUT2D eigenvalue weighted by Crippen LogP contribution is 2.32. The van der Waals surface area contributed by atoms with E-state index >= 15 is 0 Å². The van der Waals surface area contributed by atoms with Gasteiger partial charge in [-0.2, -0.15) is 0 Å². The van der Waals surface area contributed by atoms with Gasteiger partial charge in [-0.1, -0.05) is 17.7 Å². The predicted octanol–water partition coefficient (Wildman–Crippen LogP) is 3.14. The van der Waals surface area contributed by atoms with Gasteiger partial charge in [0.25, 0.3) is 0 Å². The van der Waals surface area contributed by atoms with Gasteiger partial charge in [-0.05, 0) is 12.1 Å². The largest absolute Gasteiger partial charge is 0.493 e. The van der Waals surface area contributed by atoms with Crippen molar-refractivity contribution < 1.29 is 19.0 Å². The maximum atomic E-state index is 11.0. The summed E-state index contributed by atoms with van der Waals surface area (Å²) in [5, 5.41) is 0.362. The molecule has 1 heterocycles. The van der Waals surface area contributed by atoms with Crippen LogP contribution in [0.2, 0.25) is 5.02 Å². The van der Waals surface area contributed by atoms with Crippen LogP contribution in [0, 0.1) is 0 Å². The number of hydrogen-bond donors (Lipinski definition) is 0. The van der Waals surface area contributed by atoms with Crippen molar-refractivity contribution in [1.29, 1.82) is 0 Å². The van der Waals surface area contributed by atoms with Crippen molar-refractivity contribution in [3.05, 3.63) is 46.7 Å². The Labute approximate surface area is 127 Å². The van der Waals surface area contributed by atoms with E-state index in [-0.39, 0.29) is 6.61 Å². The smallest absolute Gasteiger partial charge is 0.185 e. The topological polar surface area (TPSA) is 57.7 Å². The third-order valence-electron chi connectivity index (χ3n) is 2.84. The van der Waals surface area contributed by atoms with Gasteiger partial charge in [0.1, 0.15) is 18.1 Å². The molecule has 1 aromatic heterocycles. The molecule has 21 heavy (non-hydrogen) atoms. The van der Waals surface area contributed by atoms with Crippen LogP contribution in [-0.4, -0.2) is 25.5 Å². The molecular formula is C15H14ClNO4. The van der Waals surface area contributed by atoms with Crippen LogP contribution in [-0.2, 0) is 6.61 Å². The Morgan fingerprint density at radius 1 is 1.19 bits per heavy atom. The lowest BCUT2D eigenvalue weighted by atomic mass is 10.2. The number of para-hydroxylation sites is 1. The highest BCUT2D eigenvalue weighted by Gasteiger charge is 2.14. The second-order valence-corrected chi connectivity index (χ2v) is 4.47. The Bertz CT molecular complexity index is 646. The number of aldehydes is 1. The van der Waals surface area contributed by atoms with Gasteiger partial charge in [-0.15, -0.1) is 0 Å². The van der Waals surface area contributed by atoms with E-state index in [2.05, 4.69) is 4.98 Å². The number of methoxy groups -OCH3 is 2. The Kier molecular flexibility index (Phi) is 5.00. The first-order valence-corrected chi connectivity index (χ1v) is 6.51. The Morgan fingerprint density at radius 3 is 2.67 bits per heavy atom. The first kappa shape index (κ1) is 15.1. The number of carbonyl (C=O) groups excluding carboxylic acids is 1. The Morgan fingerprint density at radius 2 is 2.00 bits per heavy atom. The molecule has 6 heteroatoms. The molecule has 0 unspecified atom stereocenters. The molecule has 0 fully saturated rings. The van der Waals surface area contributed by atoms with Crippen LogP contribution in [0.25, 0.3) is 0 Å². The summed E-state index contributed by atoms with van der Waals surface area (Å²) in [5.74, 6) is 1.36. The molecule has 0 saturated heterocycles. The molecule has 0 aliphatic heterocycles. The number of aromatic nitrogens is 1. The maximum absolute atomic E-state index is 11.0. The zero-order chi connectivity index (χ0) is 15.2. The molecule has 2 rings (SSSR count). The molecule has 0 spiro atoms. The Balaban J connectivity index is 2.27. The molecule has 0 bridgehead atoms. The minimum absolute atomic E-state index is 0.102. The molecule has 0 radical (unpaired) electrons. The molecule has 110 valence electrons. The molecule has 2 aromatic rings. The van der Waals surface area contributed by atoms with Gasteiger partial charge in [0.15, 0.2) is 17.8 Å². The summed E-state index contributed by atoms with van der Waals surface area (Å²) in [5.41, 5.74) is 0.929. The third-order valence-corrected chi connectivity index (χ3v) is 3.14. The summed E-state index contributed by atoms with van der Waals surface area (Å²) in [6, 6.07) is 6.66. The number of rotatable bonds is 6. The molecule has 0 saturated carbocycles. The summed E-state index contributed by atoms with van der Waals surface area (Å²) in [6.07, 6.45) is 2.28. The first-order chi connectivity index (χ1) is 10.2. The number of hydrogen-bond acceptors (Lipinski definition) is 5. The van der Waals surface area contributed by atoms with E-state index in [1.807, 2.05) is 0 Å². The fourth-order valence-corrected chi connectivity index (χ4v) is 2.10. The summed E-state index contributed by atoms with van der Waals surface area (Å²) in [4.78, 5) is 15.2. The summed E-state index contributed by atoms with van der Waals surface area (Å²) < 4.78 is 16.1.